The van der Waals surface area contributed by atoms with Gasteiger partial charge in [-0.3, -0.25) is 13.8 Å². The standard InChI is InChI=1S/C56H109N2O6P/c1-6-8-10-12-14-16-18-20-22-24-25-26-27-28-29-30-31-32-34-36-38-40-42-44-46-48-50-56(60)57-54(53-64-65(61,62)63-52-51-58(3,4)5)55(59)49-47-45-43-41-39-37-35-33-23-21-19-17-15-13-11-9-7-2/h23,33,39,41,47,49,54-55,59H,6-22,24-32,34-38,40,42-46,48,50-53H2,1-5H3,(H-,57,60,61,62)/p+1/b33-23+,41-39+,49-47+. The first-order chi connectivity index (χ1) is 31.5. The van der Waals surface area contributed by atoms with E-state index in [1.54, 1.807) is 6.08 Å². The van der Waals surface area contributed by atoms with E-state index in [4.69, 9.17) is 9.05 Å². The molecule has 9 heteroatoms. The quantitative estimate of drug-likeness (QED) is 0.0243. The average molecular weight is 938 g/mol. The van der Waals surface area contributed by atoms with Gasteiger partial charge in [-0.2, -0.15) is 0 Å². The number of hydrogen-bond donors (Lipinski definition) is 3. The largest absolute Gasteiger partial charge is 0.472 e. The maximum atomic E-state index is 13.0. The lowest BCUT2D eigenvalue weighted by Gasteiger charge is -2.25. The van der Waals surface area contributed by atoms with Crippen LogP contribution in [-0.2, 0) is 18.4 Å². The van der Waals surface area contributed by atoms with Gasteiger partial charge in [0.2, 0.25) is 5.91 Å². The van der Waals surface area contributed by atoms with Gasteiger partial charge in [0.05, 0.1) is 39.9 Å². The molecule has 0 aliphatic carbocycles. The smallest absolute Gasteiger partial charge is 0.387 e. The molecule has 0 aromatic heterocycles. The van der Waals surface area contributed by atoms with E-state index in [0.29, 0.717) is 17.4 Å². The molecule has 0 aliphatic rings. The second kappa shape index (κ2) is 47.8. The van der Waals surface area contributed by atoms with Crippen LogP contribution in [0.3, 0.4) is 0 Å². The fourth-order valence-corrected chi connectivity index (χ4v) is 8.93. The second-order valence-electron chi connectivity index (χ2n) is 20.3. The molecule has 0 radical (unpaired) electrons. The van der Waals surface area contributed by atoms with Gasteiger partial charge < -0.3 is 19.8 Å². The number of carbonyl (C=O) groups is 1. The molecule has 0 aromatic rings. The summed E-state index contributed by atoms with van der Waals surface area (Å²) in [5, 5.41) is 13.9. The zero-order valence-electron chi connectivity index (χ0n) is 43.7. The van der Waals surface area contributed by atoms with Crippen LogP contribution in [0.4, 0.5) is 0 Å². The van der Waals surface area contributed by atoms with Crippen molar-refractivity contribution in [3.63, 3.8) is 0 Å². The second-order valence-corrected chi connectivity index (χ2v) is 21.8. The van der Waals surface area contributed by atoms with E-state index in [1.807, 2.05) is 27.2 Å². The minimum Gasteiger partial charge on any atom is -0.387 e. The highest BCUT2D eigenvalue weighted by Gasteiger charge is 2.27. The van der Waals surface area contributed by atoms with Crippen LogP contribution >= 0.6 is 7.82 Å². The van der Waals surface area contributed by atoms with Gasteiger partial charge in [-0.05, 0) is 44.9 Å². The van der Waals surface area contributed by atoms with Crippen LogP contribution in [-0.4, -0.2) is 73.4 Å². The van der Waals surface area contributed by atoms with Crippen LogP contribution in [0.5, 0.6) is 0 Å². The van der Waals surface area contributed by atoms with Crippen molar-refractivity contribution in [2.75, 3.05) is 40.9 Å². The summed E-state index contributed by atoms with van der Waals surface area (Å²) >= 11 is 0. The molecule has 1 amide bonds. The first kappa shape index (κ1) is 63.7. The third kappa shape index (κ3) is 50.4. The van der Waals surface area contributed by atoms with Crippen molar-refractivity contribution in [1.29, 1.82) is 0 Å². The Labute approximate surface area is 404 Å². The number of amides is 1. The number of rotatable bonds is 51. The monoisotopic (exact) mass is 938 g/mol. The summed E-state index contributed by atoms with van der Waals surface area (Å²) in [5.74, 6) is -0.187. The SMILES string of the molecule is CCCCCCCCC/C=C/CC/C=C/CC/C=C/C(O)C(COP(=O)(O)OCC[N+](C)(C)C)NC(=O)CCCCCCCCCCCCCCCCCCCCCCCCCCCC. The summed E-state index contributed by atoms with van der Waals surface area (Å²) in [6.45, 7) is 4.81. The van der Waals surface area contributed by atoms with Gasteiger partial charge in [0, 0.05) is 6.42 Å². The lowest BCUT2D eigenvalue weighted by atomic mass is 10.0. The van der Waals surface area contributed by atoms with E-state index in [9.17, 15) is 19.4 Å². The maximum absolute atomic E-state index is 13.0. The number of nitrogens with zero attached hydrogens (tertiary/aromatic N) is 1. The van der Waals surface area contributed by atoms with Crippen LogP contribution in [0.1, 0.15) is 264 Å². The summed E-state index contributed by atoms with van der Waals surface area (Å²) in [6.07, 6.45) is 61.0. The highest BCUT2D eigenvalue weighted by atomic mass is 31.2. The number of nitrogens with one attached hydrogen (secondary N) is 1. The molecule has 0 saturated carbocycles. The average Bonchev–Trinajstić information content (AvgIpc) is 3.26. The molecule has 0 heterocycles. The Bertz CT molecular complexity index is 1150. The fraction of sp³-hybridized carbons (Fsp3) is 0.875. The van der Waals surface area contributed by atoms with E-state index in [1.165, 1.54) is 199 Å². The number of quaternary nitrogens is 1. The fourth-order valence-electron chi connectivity index (χ4n) is 8.19. The normalized spacial score (nSPS) is 14.3. The predicted molar refractivity (Wildman–Crippen MR) is 281 cm³/mol. The van der Waals surface area contributed by atoms with Gasteiger partial charge in [0.1, 0.15) is 13.2 Å². The van der Waals surface area contributed by atoms with Crippen molar-refractivity contribution in [2.24, 2.45) is 0 Å². The minimum atomic E-state index is -4.35. The van der Waals surface area contributed by atoms with Gasteiger partial charge in [-0.25, -0.2) is 4.57 Å². The Hall–Kier alpha value is -1.28. The van der Waals surface area contributed by atoms with Gasteiger partial charge in [-0.1, -0.05) is 249 Å². The van der Waals surface area contributed by atoms with Gasteiger partial charge >= 0.3 is 7.82 Å². The summed E-state index contributed by atoms with van der Waals surface area (Å²) in [5.41, 5.74) is 0. The molecule has 0 spiro atoms. The van der Waals surface area contributed by atoms with Crippen molar-refractivity contribution in [3.8, 4) is 0 Å². The van der Waals surface area contributed by atoms with Gasteiger partial charge in [0.15, 0.2) is 0 Å². The minimum absolute atomic E-state index is 0.0550. The molecule has 384 valence electrons. The van der Waals surface area contributed by atoms with E-state index in [-0.39, 0.29) is 19.1 Å². The molecule has 0 aromatic carbocycles. The van der Waals surface area contributed by atoms with Crippen LogP contribution in [0.25, 0.3) is 0 Å². The molecule has 8 nitrogen and oxygen atoms in total. The predicted octanol–water partition coefficient (Wildman–Crippen LogP) is 16.6. The molecule has 0 fully saturated rings. The first-order valence-corrected chi connectivity index (χ1v) is 29.4. The Morgan fingerprint density at radius 2 is 0.846 bits per heavy atom. The highest BCUT2D eigenvalue weighted by molar-refractivity contribution is 7.47. The lowest BCUT2D eigenvalue weighted by Crippen LogP contribution is -2.45. The van der Waals surface area contributed by atoms with Crippen LogP contribution in [0.2, 0.25) is 0 Å². The number of aliphatic hydroxyl groups is 1. The van der Waals surface area contributed by atoms with Gasteiger partial charge in [0.25, 0.3) is 0 Å². The van der Waals surface area contributed by atoms with Crippen molar-refractivity contribution in [1.82, 2.24) is 5.32 Å². The lowest BCUT2D eigenvalue weighted by molar-refractivity contribution is -0.870. The zero-order chi connectivity index (χ0) is 47.8. The molecule has 3 atom stereocenters. The van der Waals surface area contributed by atoms with Crippen molar-refractivity contribution in [3.05, 3.63) is 36.5 Å². The number of unbranched alkanes of at least 4 members (excludes halogenated alkanes) is 34. The van der Waals surface area contributed by atoms with E-state index < -0.39 is 20.0 Å². The Morgan fingerprint density at radius 1 is 0.508 bits per heavy atom. The number of hydrogen-bond acceptors (Lipinski definition) is 5. The molecule has 65 heavy (non-hydrogen) atoms. The number of aliphatic hydroxyl groups excluding tert-OH is 1. The Balaban J connectivity index is 4.21. The third-order valence-electron chi connectivity index (χ3n) is 12.6. The Morgan fingerprint density at radius 3 is 1.23 bits per heavy atom. The summed E-state index contributed by atoms with van der Waals surface area (Å²) < 4.78 is 23.6. The van der Waals surface area contributed by atoms with E-state index in [0.717, 1.165) is 44.9 Å². The molecule has 0 aliphatic heterocycles. The van der Waals surface area contributed by atoms with Crippen molar-refractivity contribution < 1.29 is 32.9 Å². The van der Waals surface area contributed by atoms with E-state index in [2.05, 4.69) is 43.5 Å². The topological polar surface area (TPSA) is 105 Å². The maximum Gasteiger partial charge on any atom is 0.472 e. The number of likely N-dealkylation sites (N-methyl/N-ethyl adjacent to an activating group) is 1. The summed E-state index contributed by atoms with van der Waals surface area (Å²) in [4.78, 5) is 23.3. The third-order valence-corrected chi connectivity index (χ3v) is 13.6. The molecule has 3 N–H and O–H groups in total. The number of allylic oxidation sites excluding steroid dienone is 5. The molecule has 0 bridgehead atoms. The number of carbonyl (C=O) groups excluding carboxylic acids is 1. The molecule has 3 unspecified atom stereocenters. The molecular weight excluding hydrogens is 828 g/mol. The Kier molecular flexibility index (Phi) is 46.8. The van der Waals surface area contributed by atoms with Crippen molar-refractivity contribution in [2.45, 2.75) is 276 Å². The summed E-state index contributed by atoms with van der Waals surface area (Å²) in [6, 6.07) is -0.867. The first-order valence-electron chi connectivity index (χ1n) is 27.9. The number of phosphoric acid groups is 1. The molecule has 0 rings (SSSR count). The van der Waals surface area contributed by atoms with Crippen LogP contribution in [0, 0.1) is 0 Å². The van der Waals surface area contributed by atoms with Crippen LogP contribution in [0.15, 0.2) is 36.5 Å². The summed E-state index contributed by atoms with van der Waals surface area (Å²) in [7, 11) is 1.55. The number of phosphoric ester groups is 1. The van der Waals surface area contributed by atoms with Crippen molar-refractivity contribution >= 4 is 13.7 Å². The van der Waals surface area contributed by atoms with Gasteiger partial charge in [-0.15, -0.1) is 0 Å². The van der Waals surface area contributed by atoms with E-state index >= 15 is 0 Å². The highest BCUT2D eigenvalue weighted by Crippen LogP contribution is 2.43. The molecule has 0 saturated heterocycles. The molecular formula is C56H110N2O6P+. The zero-order valence-corrected chi connectivity index (χ0v) is 44.6. The van der Waals surface area contributed by atoms with Crippen LogP contribution < -0.4 is 5.32 Å².